The summed E-state index contributed by atoms with van der Waals surface area (Å²) in [5, 5.41) is 7.03. The Bertz CT molecular complexity index is 899. The molecular weight excluding hydrogens is 364 g/mol. The first-order valence-electron chi connectivity index (χ1n) is 8.77. The Kier molecular flexibility index (Phi) is 5.05. The number of hydrogen-bond acceptors (Lipinski definition) is 3. The fourth-order valence-electron chi connectivity index (χ4n) is 2.80. The molecule has 1 aromatic heterocycles. The third-order valence-corrected chi connectivity index (χ3v) is 5.76. The van der Waals surface area contributed by atoms with E-state index in [1.165, 1.54) is 17.8 Å². The van der Waals surface area contributed by atoms with Crippen LogP contribution in [0.2, 0.25) is 5.02 Å². The Morgan fingerprint density at radius 2 is 1.85 bits per heavy atom. The third-order valence-electron chi connectivity index (χ3n) is 4.50. The second-order valence-electron chi connectivity index (χ2n) is 6.55. The number of amides is 1. The van der Waals surface area contributed by atoms with E-state index in [-0.39, 0.29) is 5.91 Å². The van der Waals surface area contributed by atoms with Crippen LogP contribution in [0.3, 0.4) is 0 Å². The van der Waals surface area contributed by atoms with Gasteiger partial charge in [0, 0.05) is 34.0 Å². The quantitative estimate of drug-likeness (QED) is 0.627. The monoisotopic (exact) mass is 382 g/mol. The van der Waals surface area contributed by atoms with Gasteiger partial charge in [0.2, 0.25) is 0 Å². The normalized spacial score (nSPS) is 13.6. The molecule has 0 unspecified atom stereocenters. The molecule has 5 heteroatoms. The molecule has 26 heavy (non-hydrogen) atoms. The van der Waals surface area contributed by atoms with E-state index >= 15 is 0 Å². The van der Waals surface area contributed by atoms with Gasteiger partial charge in [-0.05, 0) is 49.1 Å². The van der Waals surface area contributed by atoms with Crippen molar-refractivity contribution in [2.75, 3.05) is 6.54 Å². The maximum absolute atomic E-state index is 12.3. The maximum atomic E-state index is 12.3. The van der Waals surface area contributed by atoms with E-state index in [4.69, 9.17) is 16.6 Å². The largest absolute Gasteiger partial charge is 0.352 e. The molecular formula is C21H19ClN2OS. The van der Waals surface area contributed by atoms with E-state index in [2.05, 4.69) is 10.7 Å². The highest BCUT2D eigenvalue weighted by Crippen LogP contribution is 2.42. The van der Waals surface area contributed by atoms with Gasteiger partial charge in [-0.2, -0.15) is 0 Å². The minimum Gasteiger partial charge on any atom is -0.352 e. The molecule has 0 bridgehead atoms. The molecule has 0 radical (unpaired) electrons. The van der Waals surface area contributed by atoms with Crippen LogP contribution in [0.1, 0.15) is 39.7 Å². The number of thiazole rings is 1. The van der Waals surface area contributed by atoms with Gasteiger partial charge in [-0.15, -0.1) is 11.3 Å². The van der Waals surface area contributed by atoms with Crippen molar-refractivity contribution in [3.63, 3.8) is 0 Å². The molecule has 0 aliphatic heterocycles. The lowest BCUT2D eigenvalue weighted by Crippen LogP contribution is -2.25. The van der Waals surface area contributed by atoms with Gasteiger partial charge in [0.05, 0.1) is 10.7 Å². The van der Waals surface area contributed by atoms with Crippen LogP contribution in [-0.2, 0) is 6.42 Å². The number of aromatic nitrogens is 1. The van der Waals surface area contributed by atoms with Crippen molar-refractivity contribution in [2.45, 2.75) is 25.2 Å². The van der Waals surface area contributed by atoms with E-state index in [1.807, 2.05) is 48.5 Å². The first-order valence-corrected chi connectivity index (χ1v) is 10.0. The van der Waals surface area contributed by atoms with Crippen molar-refractivity contribution in [2.24, 2.45) is 0 Å². The van der Waals surface area contributed by atoms with Crippen molar-refractivity contribution in [3.05, 3.63) is 75.1 Å². The standard InChI is InChI=1S/C21H19ClN2OS/c22-18-9-1-14(2-10-18)11-12-23-20(25)16-5-3-15(4-6-16)19-13-26-21(24-19)17-7-8-17/h1-6,9-10,13,17H,7-8,11-12H2,(H,23,25). The molecule has 1 fully saturated rings. The average molecular weight is 383 g/mol. The molecule has 1 heterocycles. The van der Waals surface area contributed by atoms with Crippen molar-refractivity contribution in [1.29, 1.82) is 0 Å². The molecule has 1 N–H and O–H groups in total. The van der Waals surface area contributed by atoms with Gasteiger partial charge in [-0.1, -0.05) is 35.9 Å². The second-order valence-corrected chi connectivity index (χ2v) is 7.88. The average Bonchev–Trinajstić information content (AvgIpc) is 3.40. The molecule has 1 amide bonds. The second kappa shape index (κ2) is 7.60. The van der Waals surface area contributed by atoms with Crippen LogP contribution in [-0.4, -0.2) is 17.4 Å². The number of nitrogens with one attached hydrogen (secondary N) is 1. The molecule has 1 aliphatic carbocycles. The van der Waals surface area contributed by atoms with Crippen molar-refractivity contribution in [3.8, 4) is 11.3 Å². The van der Waals surface area contributed by atoms with Crippen molar-refractivity contribution >= 4 is 28.8 Å². The highest BCUT2D eigenvalue weighted by atomic mass is 35.5. The summed E-state index contributed by atoms with van der Waals surface area (Å²) in [6, 6.07) is 15.4. The Morgan fingerprint density at radius 1 is 1.12 bits per heavy atom. The third kappa shape index (κ3) is 4.14. The smallest absolute Gasteiger partial charge is 0.251 e. The molecule has 1 saturated carbocycles. The summed E-state index contributed by atoms with van der Waals surface area (Å²) >= 11 is 7.62. The van der Waals surface area contributed by atoms with Gasteiger partial charge in [-0.3, -0.25) is 4.79 Å². The Hall–Kier alpha value is -2.17. The molecule has 4 rings (SSSR count). The molecule has 1 aliphatic rings. The van der Waals surface area contributed by atoms with E-state index in [9.17, 15) is 4.79 Å². The van der Waals surface area contributed by atoms with Crippen LogP contribution in [0.4, 0.5) is 0 Å². The van der Waals surface area contributed by atoms with E-state index in [0.29, 0.717) is 18.0 Å². The van der Waals surface area contributed by atoms with Gasteiger partial charge in [0.1, 0.15) is 0 Å². The molecule has 0 saturated heterocycles. The molecule has 2 aromatic carbocycles. The summed E-state index contributed by atoms with van der Waals surface area (Å²) in [5.74, 6) is 0.627. The number of rotatable bonds is 6. The minimum atomic E-state index is -0.0533. The highest BCUT2D eigenvalue weighted by Gasteiger charge is 2.26. The fraction of sp³-hybridized carbons (Fsp3) is 0.238. The van der Waals surface area contributed by atoms with Crippen LogP contribution in [0.5, 0.6) is 0 Å². The number of hydrogen-bond donors (Lipinski definition) is 1. The molecule has 132 valence electrons. The van der Waals surface area contributed by atoms with Crippen LogP contribution < -0.4 is 5.32 Å². The van der Waals surface area contributed by atoms with E-state index in [0.717, 1.165) is 28.3 Å². The summed E-state index contributed by atoms with van der Waals surface area (Å²) in [6.07, 6.45) is 3.31. The van der Waals surface area contributed by atoms with Crippen LogP contribution in [0, 0.1) is 0 Å². The lowest BCUT2D eigenvalue weighted by molar-refractivity contribution is 0.0954. The zero-order valence-electron chi connectivity index (χ0n) is 14.2. The summed E-state index contributed by atoms with van der Waals surface area (Å²) in [7, 11) is 0. The van der Waals surface area contributed by atoms with Gasteiger partial charge >= 0.3 is 0 Å². The van der Waals surface area contributed by atoms with Crippen molar-refractivity contribution < 1.29 is 4.79 Å². The van der Waals surface area contributed by atoms with Gasteiger partial charge in [0.25, 0.3) is 5.91 Å². The Labute approximate surface area is 162 Å². The first kappa shape index (κ1) is 17.3. The number of halogens is 1. The topological polar surface area (TPSA) is 42.0 Å². The van der Waals surface area contributed by atoms with E-state index < -0.39 is 0 Å². The van der Waals surface area contributed by atoms with Gasteiger partial charge < -0.3 is 5.32 Å². The SMILES string of the molecule is O=C(NCCc1ccc(Cl)cc1)c1ccc(-c2csc(C3CC3)n2)cc1. The maximum Gasteiger partial charge on any atom is 0.251 e. The molecule has 0 atom stereocenters. The van der Waals surface area contributed by atoms with Crippen molar-refractivity contribution in [1.82, 2.24) is 10.3 Å². The minimum absolute atomic E-state index is 0.0533. The Balaban J connectivity index is 1.33. The van der Waals surface area contributed by atoms with Crippen LogP contribution in [0.25, 0.3) is 11.3 Å². The van der Waals surface area contributed by atoms with Crippen LogP contribution >= 0.6 is 22.9 Å². The lowest BCUT2D eigenvalue weighted by atomic mass is 10.1. The summed E-state index contributed by atoms with van der Waals surface area (Å²) in [4.78, 5) is 17.0. The highest BCUT2D eigenvalue weighted by molar-refractivity contribution is 7.10. The van der Waals surface area contributed by atoms with Gasteiger partial charge in [0.15, 0.2) is 0 Å². The summed E-state index contributed by atoms with van der Waals surface area (Å²) in [5.41, 5.74) is 3.89. The molecule has 3 nitrogen and oxygen atoms in total. The van der Waals surface area contributed by atoms with Crippen LogP contribution in [0.15, 0.2) is 53.9 Å². The first-order chi connectivity index (χ1) is 12.7. The fourth-order valence-corrected chi connectivity index (χ4v) is 3.93. The zero-order chi connectivity index (χ0) is 17.9. The lowest BCUT2D eigenvalue weighted by Gasteiger charge is -2.06. The zero-order valence-corrected chi connectivity index (χ0v) is 15.8. The number of benzene rings is 2. The van der Waals surface area contributed by atoms with Gasteiger partial charge in [-0.25, -0.2) is 4.98 Å². The summed E-state index contributed by atoms with van der Waals surface area (Å²) in [6.45, 7) is 0.596. The van der Waals surface area contributed by atoms with E-state index in [1.54, 1.807) is 11.3 Å². The Morgan fingerprint density at radius 3 is 2.54 bits per heavy atom. The predicted octanol–water partition coefficient (Wildman–Crippen LogP) is 5.31. The predicted molar refractivity (Wildman–Crippen MR) is 107 cm³/mol. The molecule has 3 aromatic rings. The molecule has 0 spiro atoms. The summed E-state index contributed by atoms with van der Waals surface area (Å²) < 4.78 is 0. The number of nitrogens with zero attached hydrogens (tertiary/aromatic N) is 1. The number of carbonyl (C=O) groups is 1. The number of carbonyl (C=O) groups excluding carboxylic acids is 1.